The maximum absolute atomic E-state index is 12.0. The molecule has 0 heterocycles. The van der Waals surface area contributed by atoms with Crippen molar-refractivity contribution in [2.24, 2.45) is 5.10 Å². The maximum Gasteiger partial charge on any atom is 0.329 e. The Balaban J connectivity index is 1.61. The zero-order valence-corrected chi connectivity index (χ0v) is 15.3. The van der Waals surface area contributed by atoms with Crippen LogP contribution in [-0.2, 0) is 9.59 Å². The number of amides is 2. The Labute approximate surface area is 158 Å². The summed E-state index contributed by atoms with van der Waals surface area (Å²) in [5, 5.41) is 8.57. The molecule has 3 rings (SSSR count). The smallest absolute Gasteiger partial charge is 0.318 e. The zero-order chi connectivity index (χ0) is 19.2. The second-order valence-corrected chi connectivity index (χ2v) is 6.50. The summed E-state index contributed by atoms with van der Waals surface area (Å²) in [5.41, 5.74) is 4.85. The van der Waals surface area contributed by atoms with E-state index in [0.29, 0.717) is 11.6 Å². The summed E-state index contributed by atoms with van der Waals surface area (Å²) < 4.78 is 0. The van der Waals surface area contributed by atoms with Crippen molar-refractivity contribution in [1.29, 1.82) is 0 Å². The third kappa shape index (κ3) is 4.58. The summed E-state index contributed by atoms with van der Waals surface area (Å²) in [4.78, 5) is 23.9. The van der Waals surface area contributed by atoms with E-state index in [2.05, 4.69) is 29.7 Å². The number of hydrogen-bond acceptors (Lipinski definition) is 3. The maximum atomic E-state index is 12.0. The van der Waals surface area contributed by atoms with Crippen molar-refractivity contribution >= 4 is 34.5 Å². The van der Waals surface area contributed by atoms with Crippen molar-refractivity contribution in [1.82, 2.24) is 5.43 Å². The lowest BCUT2D eigenvalue weighted by atomic mass is 10.0. The second-order valence-electron chi connectivity index (χ2n) is 6.50. The quantitative estimate of drug-likeness (QED) is 0.419. The highest BCUT2D eigenvalue weighted by Crippen LogP contribution is 2.17. The van der Waals surface area contributed by atoms with Gasteiger partial charge in [0.15, 0.2) is 0 Å². The Morgan fingerprint density at radius 2 is 1.59 bits per heavy atom. The minimum absolute atomic E-state index is 0.404. The average molecular weight is 359 g/mol. The zero-order valence-electron chi connectivity index (χ0n) is 15.3. The van der Waals surface area contributed by atoms with Gasteiger partial charge in [-0.1, -0.05) is 68.4 Å². The van der Waals surface area contributed by atoms with Gasteiger partial charge in [0.05, 0.1) is 6.21 Å². The molecule has 3 aromatic rings. The largest absolute Gasteiger partial charge is 0.329 e. The van der Waals surface area contributed by atoms with E-state index in [1.165, 1.54) is 6.21 Å². The van der Waals surface area contributed by atoms with Crippen molar-refractivity contribution in [3.05, 3.63) is 77.9 Å². The van der Waals surface area contributed by atoms with Crippen LogP contribution in [0.3, 0.4) is 0 Å². The van der Waals surface area contributed by atoms with Crippen LogP contribution in [0.15, 0.2) is 71.8 Å². The number of hydrogen-bond donors (Lipinski definition) is 2. The molecule has 0 spiro atoms. The Kier molecular flexibility index (Phi) is 5.61. The van der Waals surface area contributed by atoms with Crippen molar-refractivity contribution < 1.29 is 9.59 Å². The lowest BCUT2D eigenvalue weighted by Crippen LogP contribution is -2.32. The first-order valence-corrected chi connectivity index (χ1v) is 8.76. The Morgan fingerprint density at radius 3 is 2.33 bits per heavy atom. The molecule has 0 aliphatic rings. The molecule has 3 aromatic carbocycles. The summed E-state index contributed by atoms with van der Waals surface area (Å²) in [7, 11) is 0. The summed E-state index contributed by atoms with van der Waals surface area (Å²) >= 11 is 0. The van der Waals surface area contributed by atoms with Gasteiger partial charge in [-0.05, 0) is 34.4 Å². The number of anilines is 1. The van der Waals surface area contributed by atoms with Crippen LogP contribution in [0.4, 0.5) is 5.69 Å². The number of nitrogens with one attached hydrogen (secondary N) is 2. The summed E-state index contributed by atoms with van der Waals surface area (Å²) in [6.45, 7) is 4.18. The lowest BCUT2D eigenvalue weighted by Gasteiger charge is -2.07. The van der Waals surface area contributed by atoms with E-state index < -0.39 is 11.8 Å². The normalized spacial score (nSPS) is 11.1. The Bertz CT molecular complexity index is 987. The molecule has 0 saturated heterocycles. The fourth-order valence-corrected chi connectivity index (χ4v) is 2.71. The molecule has 0 bridgehead atoms. The highest BCUT2D eigenvalue weighted by Gasteiger charge is 2.13. The molecule has 0 aromatic heterocycles. The Morgan fingerprint density at radius 1 is 0.889 bits per heavy atom. The molecule has 5 heteroatoms. The third-order valence-corrected chi connectivity index (χ3v) is 4.23. The van der Waals surface area contributed by atoms with Crippen LogP contribution in [-0.4, -0.2) is 18.0 Å². The first kappa shape index (κ1) is 18.3. The number of carbonyl (C=O) groups is 2. The van der Waals surface area contributed by atoms with Gasteiger partial charge in [0.25, 0.3) is 0 Å². The number of nitrogens with zero attached hydrogens (tertiary/aromatic N) is 1. The standard InChI is InChI=1S/C22H21N3O2/c1-15(2)16-10-12-19(13-11-16)24-21(26)22(27)25-23-14-18-8-5-7-17-6-3-4-9-20(17)18/h3-15H,1-2H3,(H,24,26)(H,25,27)/b23-14-. The molecule has 0 atom stereocenters. The molecule has 2 amide bonds. The second kappa shape index (κ2) is 8.27. The van der Waals surface area contributed by atoms with E-state index >= 15 is 0 Å². The fourth-order valence-electron chi connectivity index (χ4n) is 2.71. The van der Waals surface area contributed by atoms with Gasteiger partial charge in [0.2, 0.25) is 0 Å². The van der Waals surface area contributed by atoms with Crippen molar-refractivity contribution in [2.75, 3.05) is 5.32 Å². The van der Waals surface area contributed by atoms with Gasteiger partial charge >= 0.3 is 11.8 Å². The molecule has 136 valence electrons. The van der Waals surface area contributed by atoms with E-state index in [0.717, 1.165) is 21.9 Å². The Hall–Kier alpha value is -3.47. The fraction of sp³-hybridized carbons (Fsp3) is 0.136. The number of fused-ring (bicyclic) bond motifs is 1. The molecule has 2 N–H and O–H groups in total. The molecule has 0 aliphatic carbocycles. The molecule has 0 radical (unpaired) electrons. The summed E-state index contributed by atoms with van der Waals surface area (Å²) in [6, 6.07) is 21.1. The van der Waals surface area contributed by atoms with Crippen molar-refractivity contribution in [2.45, 2.75) is 19.8 Å². The van der Waals surface area contributed by atoms with Crippen LogP contribution in [0, 0.1) is 0 Å². The molecule has 0 unspecified atom stereocenters. The average Bonchev–Trinajstić information content (AvgIpc) is 2.68. The van der Waals surface area contributed by atoms with Crippen LogP contribution < -0.4 is 10.7 Å². The van der Waals surface area contributed by atoms with Crippen molar-refractivity contribution in [3.63, 3.8) is 0 Å². The number of hydrazone groups is 1. The molecule has 0 aliphatic heterocycles. The molecular formula is C22H21N3O2. The van der Waals surface area contributed by atoms with Gasteiger partial charge < -0.3 is 5.32 Å². The van der Waals surface area contributed by atoms with Crippen LogP contribution in [0.5, 0.6) is 0 Å². The molecule has 5 nitrogen and oxygen atoms in total. The van der Waals surface area contributed by atoms with Crippen LogP contribution in [0.2, 0.25) is 0 Å². The number of rotatable bonds is 4. The summed E-state index contributed by atoms with van der Waals surface area (Å²) in [5.74, 6) is -1.18. The number of benzene rings is 3. The van der Waals surface area contributed by atoms with Gasteiger partial charge in [-0.3, -0.25) is 9.59 Å². The summed E-state index contributed by atoms with van der Waals surface area (Å²) in [6.07, 6.45) is 1.53. The molecule has 0 saturated carbocycles. The van der Waals surface area contributed by atoms with E-state index in [1.807, 2.05) is 54.6 Å². The topological polar surface area (TPSA) is 70.6 Å². The monoisotopic (exact) mass is 359 g/mol. The van der Waals surface area contributed by atoms with Crippen molar-refractivity contribution in [3.8, 4) is 0 Å². The molecular weight excluding hydrogens is 338 g/mol. The van der Waals surface area contributed by atoms with Gasteiger partial charge in [0, 0.05) is 11.3 Å². The van der Waals surface area contributed by atoms with E-state index in [1.54, 1.807) is 12.1 Å². The first-order valence-electron chi connectivity index (χ1n) is 8.76. The van der Waals surface area contributed by atoms with Gasteiger partial charge in [-0.2, -0.15) is 5.10 Å². The minimum Gasteiger partial charge on any atom is -0.318 e. The van der Waals surface area contributed by atoms with Crippen LogP contribution >= 0.6 is 0 Å². The highest BCUT2D eigenvalue weighted by molar-refractivity contribution is 6.39. The minimum atomic E-state index is -0.820. The molecule has 27 heavy (non-hydrogen) atoms. The van der Waals surface area contributed by atoms with E-state index in [-0.39, 0.29) is 0 Å². The van der Waals surface area contributed by atoms with E-state index in [4.69, 9.17) is 0 Å². The molecule has 0 fully saturated rings. The predicted molar refractivity (Wildman–Crippen MR) is 109 cm³/mol. The van der Waals surface area contributed by atoms with Crippen LogP contribution in [0.25, 0.3) is 10.8 Å². The van der Waals surface area contributed by atoms with Gasteiger partial charge in [-0.15, -0.1) is 0 Å². The first-order chi connectivity index (χ1) is 13.0. The highest BCUT2D eigenvalue weighted by atomic mass is 16.2. The number of carbonyl (C=O) groups excluding carboxylic acids is 2. The van der Waals surface area contributed by atoms with E-state index in [9.17, 15) is 9.59 Å². The predicted octanol–water partition coefficient (Wildman–Crippen LogP) is 4.05. The van der Waals surface area contributed by atoms with Gasteiger partial charge in [0.1, 0.15) is 0 Å². The lowest BCUT2D eigenvalue weighted by molar-refractivity contribution is -0.136. The van der Waals surface area contributed by atoms with Gasteiger partial charge in [-0.25, -0.2) is 5.43 Å². The third-order valence-electron chi connectivity index (χ3n) is 4.23. The SMILES string of the molecule is CC(C)c1ccc(NC(=O)C(=O)N/N=C\c2cccc3ccccc23)cc1. The van der Waals surface area contributed by atoms with Crippen LogP contribution in [0.1, 0.15) is 30.9 Å².